The van der Waals surface area contributed by atoms with Crippen molar-refractivity contribution in [2.24, 2.45) is 22.7 Å². The Morgan fingerprint density at radius 3 is 2.39 bits per heavy atom. The van der Waals surface area contributed by atoms with Crippen LogP contribution in [0.5, 0.6) is 0 Å². The van der Waals surface area contributed by atoms with Crippen molar-refractivity contribution in [1.82, 2.24) is 0 Å². The maximum absolute atomic E-state index is 10.1. The lowest BCUT2D eigenvalue weighted by Gasteiger charge is -2.67. The fourth-order valence-corrected chi connectivity index (χ4v) is 7.57. The molecule has 162 valence electrons. The van der Waals surface area contributed by atoms with Gasteiger partial charge >= 0.3 is 0 Å². The summed E-state index contributed by atoms with van der Waals surface area (Å²) in [6.45, 7) is 12.0. The third-order valence-electron chi connectivity index (χ3n) is 9.24. The van der Waals surface area contributed by atoms with Gasteiger partial charge in [0.1, 0.15) is 0 Å². The Morgan fingerprint density at radius 1 is 0.964 bits per heavy atom. The lowest BCUT2D eigenvalue weighted by molar-refractivity contribution is -0.359. The number of hydrogen-bond acceptors (Lipinski definition) is 5. The van der Waals surface area contributed by atoms with Crippen LogP contribution in [-0.2, 0) is 14.2 Å². The van der Waals surface area contributed by atoms with Crippen LogP contribution >= 0.6 is 0 Å². The molecule has 2 aliphatic carbocycles. The molecule has 0 amide bonds. The van der Waals surface area contributed by atoms with Crippen LogP contribution in [0.15, 0.2) is 0 Å². The highest BCUT2D eigenvalue weighted by atomic mass is 16.7. The Bertz CT molecular complexity index is 608. The molecule has 4 aliphatic rings. The van der Waals surface area contributed by atoms with Gasteiger partial charge < -0.3 is 24.4 Å². The summed E-state index contributed by atoms with van der Waals surface area (Å²) in [5, 5.41) is 19.7. The lowest BCUT2D eigenvalue weighted by atomic mass is 9.43. The third kappa shape index (κ3) is 2.76. The van der Waals surface area contributed by atoms with E-state index in [1.807, 2.05) is 13.8 Å². The van der Waals surface area contributed by atoms with Gasteiger partial charge in [-0.25, -0.2) is 0 Å². The largest absolute Gasteiger partial charge is 0.396 e. The summed E-state index contributed by atoms with van der Waals surface area (Å²) < 4.78 is 19.5. The minimum absolute atomic E-state index is 0.0108. The molecule has 5 heteroatoms. The van der Waals surface area contributed by atoms with Crippen LogP contribution < -0.4 is 0 Å². The summed E-state index contributed by atoms with van der Waals surface area (Å²) in [6.07, 6.45) is 6.95. The maximum Gasteiger partial charge on any atom is 0.163 e. The highest BCUT2D eigenvalue weighted by molar-refractivity contribution is 5.18. The highest BCUT2D eigenvalue weighted by Crippen LogP contribution is 2.69. The number of aliphatic hydroxyl groups excluding tert-OH is 2. The van der Waals surface area contributed by atoms with Crippen LogP contribution in [0.4, 0.5) is 0 Å². The van der Waals surface area contributed by atoms with Gasteiger partial charge in [0.05, 0.1) is 30.5 Å². The smallest absolute Gasteiger partial charge is 0.163 e. The second kappa shape index (κ2) is 6.65. The maximum atomic E-state index is 10.1. The zero-order chi connectivity index (χ0) is 20.4. The minimum Gasteiger partial charge on any atom is -0.396 e. The van der Waals surface area contributed by atoms with Gasteiger partial charge in [-0.2, -0.15) is 0 Å². The standard InChI is InChI=1S/C23H40O5/c1-16-6-7-17-20(4)15-26-19(2,3)27-18(20)8-9-21(17,5)23(16)11-10-22(14-25,28-23)12-13-24/h16-18,24-25H,6-15H2,1-5H3/t16-,17-,18-,20+,21+,22+,23+/m1/s1. The molecule has 2 aliphatic heterocycles. The van der Waals surface area contributed by atoms with Gasteiger partial charge in [0.25, 0.3) is 0 Å². The van der Waals surface area contributed by atoms with Gasteiger partial charge in [0.2, 0.25) is 0 Å². The van der Waals surface area contributed by atoms with Gasteiger partial charge in [-0.1, -0.05) is 20.8 Å². The van der Waals surface area contributed by atoms with Crippen molar-refractivity contribution in [3.63, 3.8) is 0 Å². The molecule has 2 saturated heterocycles. The molecule has 4 fully saturated rings. The van der Waals surface area contributed by atoms with E-state index in [4.69, 9.17) is 14.2 Å². The summed E-state index contributed by atoms with van der Waals surface area (Å²) in [4.78, 5) is 0. The van der Waals surface area contributed by atoms with Crippen LogP contribution in [0, 0.1) is 22.7 Å². The lowest BCUT2D eigenvalue weighted by Crippen LogP contribution is -2.69. The van der Waals surface area contributed by atoms with Crippen molar-refractivity contribution in [3.05, 3.63) is 0 Å². The van der Waals surface area contributed by atoms with Crippen LogP contribution in [0.3, 0.4) is 0 Å². The summed E-state index contributed by atoms with van der Waals surface area (Å²) in [5.74, 6) is 0.409. The summed E-state index contributed by atoms with van der Waals surface area (Å²) >= 11 is 0. The molecular weight excluding hydrogens is 356 g/mol. The fourth-order valence-electron chi connectivity index (χ4n) is 7.57. The highest BCUT2D eigenvalue weighted by Gasteiger charge is 2.70. The van der Waals surface area contributed by atoms with E-state index in [2.05, 4.69) is 20.8 Å². The van der Waals surface area contributed by atoms with E-state index in [9.17, 15) is 10.2 Å². The van der Waals surface area contributed by atoms with Crippen molar-refractivity contribution in [2.75, 3.05) is 19.8 Å². The van der Waals surface area contributed by atoms with Crippen LogP contribution in [0.1, 0.15) is 79.6 Å². The first-order valence-electron chi connectivity index (χ1n) is 11.3. The first-order chi connectivity index (χ1) is 13.1. The molecule has 0 aromatic rings. The van der Waals surface area contributed by atoms with Gasteiger partial charge in [-0.15, -0.1) is 0 Å². The number of hydrogen-bond donors (Lipinski definition) is 2. The Morgan fingerprint density at radius 2 is 1.71 bits per heavy atom. The van der Waals surface area contributed by atoms with E-state index in [-0.39, 0.29) is 35.7 Å². The molecule has 4 rings (SSSR count). The van der Waals surface area contributed by atoms with E-state index in [0.29, 0.717) is 18.3 Å². The van der Waals surface area contributed by atoms with Crippen molar-refractivity contribution < 1.29 is 24.4 Å². The van der Waals surface area contributed by atoms with Crippen LogP contribution in [0.2, 0.25) is 0 Å². The summed E-state index contributed by atoms with van der Waals surface area (Å²) in [7, 11) is 0. The Kier molecular flexibility index (Phi) is 5.00. The van der Waals surface area contributed by atoms with Crippen LogP contribution in [0.25, 0.3) is 0 Å². The first-order valence-corrected chi connectivity index (χ1v) is 11.3. The molecule has 2 heterocycles. The second-order valence-electron chi connectivity index (χ2n) is 11.1. The molecule has 0 aromatic carbocycles. The molecule has 2 saturated carbocycles. The topological polar surface area (TPSA) is 68.2 Å². The van der Waals surface area contributed by atoms with Gasteiger partial charge in [0.15, 0.2) is 5.79 Å². The predicted molar refractivity (Wildman–Crippen MR) is 107 cm³/mol. The molecular formula is C23H40O5. The normalized spacial score (nSPS) is 53.0. The minimum atomic E-state index is -0.590. The summed E-state index contributed by atoms with van der Waals surface area (Å²) in [6, 6.07) is 0. The molecule has 7 atom stereocenters. The molecule has 0 bridgehead atoms. The van der Waals surface area contributed by atoms with Crippen molar-refractivity contribution >= 4 is 0 Å². The van der Waals surface area contributed by atoms with Gasteiger partial charge in [0, 0.05) is 23.9 Å². The average molecular weight is 397 g/mol. The summed E-state index contributed by atoms with van der Waals surface area (Å²) in [5.41, 5.74) is -0.820. The predicted octanol–water partition coefficient (Wildman–Crippen LogP) is 3.65. The van der Waals surface area contributed by atoms with Crippen molar-refractivity contribution in [3.8, 4) is 0 Å². The van der Waals surface area contributed by atoms with Crippen molar-refractivity contribution in [1.29, 1.82) is 0 Å². The third-order valence-corrected chi connectivity index (χ3v) is 9.24. The molecule has 0 aromatic heterocycles. The van der Waals surface area contributed by atoms with Gasteiger partial charge in [-0.3, -0.25) is 0 Å². The molecule has 0 unspecified atom stereocenters. The molecule has 2 N–H and O–H groups in total. The molecule has 1 spiro atoms. The zero-order valence-electron chi connectivity index (χ0n) is 18.4. The van der Waals surface area contributed by atoms with E-state index in [1.165, 1.54) is 6.42 Å². The van der Waals surface area contributed by atoms with Crippen molar-refractivity contribution in [2.45, 2.75) is 103 Å². The Hall–Kier alpha value is -0.200. The first kappa shape index (κ1) is 21.0. The Labute approximate surface area is 170 Å². The molecule has 5 nitrogen and oxygen atoms in total. The average Bonchev–Trinajstić information content (AvgIpc) is 3.03. The number of ether oxygens (including phenoxy) is 3. The van der Waals surface area contributed by atoms with E-state index < -0.39 is 11.4 Å². The quantitative estimate of drug-likeness (QED) is 0.762. The van der Waals surface area contributed by atoms with E-state index in [0.717, 1.165) is 38.7 Å². The van der Waals surface area contributed by atoms with Crippen LogP contribution in [-0.4, -0.2) is 53.1 Å². The van der Waals surface area contributed by atoms with E-state index >= 15 is 0 Å². The monoisotopic (exact) mass is 396 g/mol. The number of rotatable bonds is 3. The van der Waals surface area contributed by atoms with Gasteiger partial charge in [-0.05, 0) is 64.2 Å². The fraction of sp³-hybridized carbons (Fsp3) is 1.00. The molecule has 0 radical (unpaired) electrons. The number of aliphatic hydroxyl groups is 2. The molecule has 28 heavy (non-hydrogen) atoms. The SMILES string of the molecule is C[C@@H]1CC[C@@H]2[C@]3(C)COC(C)(C)O[C@@H]3CC[C@]2(C)[C@]12CC[C@@](CO)(CCO)O2. The van der Waals surface area contributed by atoms with E-state index in [1.54, 1.807) is 0 Å². The Balaban J connectivity index is 1.70. The number of fused-ring (bicyclic) bond motifs is 4. The second-order valence-corrected chi connectivity index (χ2v) is 11.1. The zero-order valence-corrected chi connectivity index (χ0v) is 18.4.